The van der Waals surface area contributed by atoms with Gasteiger partial charge in [0.15, 0.2) is 0 Å². The number of ether oxygens (including phenoxy) is 1. The van der Waals surface area contributed by atoms with E-state index in [1.54, 1.807) is 4.68 Å². The molecule has 0 fully saturated rings. The van der Waals surface area contributed by atoms with Gasteiger partial charge in [-0.1, -0.05) is 53.7 Å². The predicted octanol–water partition coefficient (Wildman–Crippen LogP) is 4.00. The number of benzene rings is 3. The van der Waals surface area contributed by atoms with Crippen molar-refractivity contribution in [2.24, 2.45) is 0 Å². The quantitative estimate of drug-likeness (QED) is 0.572. The summed E-state index contributed by atoms with van der Waals surface area (Å²) in [6, 6.07) is 24.2. The van der Waals surface area contributed by atoms with E-state index in [9.17, 15) is 0 Å². The third kappa shape index (κ3) is 2.92. The zero-order chi connectivity index (χ0) is 15.5. The Morgan fingerprint density at radius 3 is 2.48 bits per heavy atom. The second-order valence-electron chi connectivity index (χ2n) is 5.29. The molecular weight excluding hydrogens is 286 g/mol. The molecule has 0 amide bonds. The van der Waals surface area contributed by atoms with Gasteiger partial charge in [-0.25, -0.2) is 4.68 Å². The second kappa shape index (κ2) is 5.93. The number of aromatic nitrogens is 3. The Balaban J connectivity index is 1.49. The number of fused-ring (bicyclic) bond motifs is 1. The van der Waals surface area contributed by atoms with Crippen molar-refractivity contribution < 1.29 is 4.74 Å². The molecule has 1 heterocycles. The van der Waals surface area contributed by atoms with Crippen molar-refractivity contribution in [2.75, 3.05) is 0 Å². The molecule has 4 nitrogen and oxygen atoms in total. The smallest absolute Gasteiger partial charge is 0.134 e. The molecular formula is C19H15N3O. The molecule has 0 saturated carbocycles. The van der Waals surface area contributed by atoms with Crippen LogP contribution in [0.15, 0.2) is 79.0 Å². The van der Waals surface area contributed by atoms with Gasteiger partial charge in [0.1, 0.15) is 18.1 Å². The molecule has 0 aliphatic heterocycles. The van der Waals surface area contributed by atoms with Gasteiger partial charge in [-0.3, -0.25) is 0 Å². The lowest BCUT2D eigenvalue weighted by Gasteiger charge is -2.05. The lowest BCUT2D eigenvalue weighted by molar-refractivity contribution is 0.301. The van der Waals surface area contributed by atoms with Crippen molar-refractivity contribution in [3.63, 3.8) is 0 Å². The van der Waals surface area contributed by atoms with Gasteiger partial charge < -0.3 is 4.74 Å². The van der Waals surface area contributed by atoms with Crippen molar-refractivity contribution >= 4 is 10.8 Å². The highest BCUT2D eigenvalue weighted by molar-refractivity contribution is 5.83. The van der Waals surface area contributed by atoms with Gasteiger partial charge in [0.05, 0.1) is 11.9 Å². The molecule has 0 bridgehead atoms. The fourth-order valence-corrected chi connectivity index (χ4v) is 2.49. The molecule has 4 rings (SSSR count). The van der Waals surface area contributed by atoms with Crippen molar-refractivity contribution in [3.8, 4) is 11.4 Å². The summed E-state index contributed by atoms with van der Waals surface area (Å²) in [7, 11) is 0. The van der Waals surface area contributed by atoms with E-state index >= 15 is 0 Å². The summed E-state index contributed by atoms with van der Waals surface area (Å²) >= 11 is 0. The summed E-state index contributed by atoms with van der Waals surface area (Å²) in [4.78, 5) is 0. The monoisotopic (exact) mass is 301 g/mol. The standard InChI is InChI=1S/C19H15N3O/c1-2-8-18(9-3-1)22-13-17(20-21-22)14-23-19-11-10-15-6-4-5-7-16(15)12-19/h1-13H,14H2. The Hall–Kier alpha value is -3.14. The Kier molecular flexibility index (Phi) is 3.48. The SMILES string of the molecule is c1ccc(-n2cc(COc3ccc4ccccc4c3)nn2)cc1. The maximum atomic E-state index is 5.83. The molecule has 23 heavy (non-hydrogen) atoms. The number of para-hydroxylation sites is 1. The van der Waals surface area contributed by atoms with E-state index in [1.165, 1.54) is 5.39 Å². The lowest BCUT2D eigenvalue weighted by Crippen LogP contribution is -1.95. The molecule has 1 aromatic heterocycles. The minimum Gasteiger partial charge on any atom is -0.487 e. The Morgan fingerprint density at radius 2 is 1.61 bits per heavy atom. The highest BCUT2D eigenvalue weighted by atomic mass is 16.5. The maximum absolute atomic E-state index is 5.83. The van der Waals surface area contributed by atoms with Crippen LogP contribution >= 0.6 is 0 Å². The van der Waals surface area contributed by atoms with Gasteiger partial charge in [0.25, 0.3) is 0 Å². The fraction of sp³-hybridized carbons (Fsp3) is 0.0526. The highest BCUT2D eigenvalue weighted by Gasteiger charge is 2.04. The van der Waals surface area contributed by atoms with Gasteiger partial charge >= 0.3 is 0 Å². The zero-order valence-corrected chi connectivity index (χ0v) is 12.5. The van der Waals surface area contributed by atoms with Crippen LogP contribution in [0.25, 0.3) is 16.5 Å². The maximum Gasteiger partial charge on any atom is 0.134 e. The number of hydrogen-bond acceptors (Lipinski definition) is 3. The third-order valence-electron chi connectivity index (χ3n) is 3.67. The van der Waals surface area contributed by atoms with Crippen LogP contribution in [0.3, 0.4) is 0 Å². The lowest BCUT2D eigenvalue weighted by atomic mass is 10.1. The summed E-state index contributed by atoms with van der Waals surface area (Å²) in [5, 5.41) is 10.7. The van der Waals surface area contributed by atoms with Crippen molar-refractivity contribution in [1.82, 2.24) is 15.0 Å². The molecule has 0 N–H and O–H groups in total. The van der Waals surface area contributed by atoms with E-state index < -0.39 is 0 Å². The average molecular weight is 301 g/mol. The molecule has 0 radical (unpaired) electrons. The van der Waals surface area contributed by atoms with Gasteiger partial charge in [-0.2, -0.15) is 0 Å². The van der Waals surface area contributed by atoms with Gasteiger partial charge in [-0.15, -0.1) is 5.10 Å². The van der Waals surface area contributed by atoms with E-state index in [2.05, 4.69) is 28.5 Å². The second-order valence-corrected chi connectivity index (χ2v) is 5.29. The molecule has 0 saturated heterocycles. The average Bonchev–Trinajstić information content (AvgIpc) is 3.10. The van der Waals surface area contributed by atoms with Gasteiger partial charge in [0, 0.05) is 0 Å². The normalized spacial score (nSPS) is 10.8. The van der Waals surface area contributed by atoms with Crippen LogP contribution in [-0.4, -0.2) is 15.0 Å². The van der Waals surface area contributed by atoms with Crippen LogP contribution in [0.5, 0.6) is 5.75 Å². The highest BCUT2D eigenvalue weighted by Crippen LogP contribution is 2.21. The molecule has 0 atom stereocenters. The summed E-state index contributed by atoms with van der Waals surface area (Å²) < 4.78 is 7.58. The summed E-state index contributed by atoms with van der Waals surface area (Å²) in [5.41, 5.74) is 1.78. The van der Waals surface area contributed by atoms with Crippen LogP contribution in [0.4, 0.5) is 0 Å². The van der Waals surface area contributed by atoms with Crippen LogP contribution in [0.1, 0.15) is 5.69 Å². The first-order chi connectivity index (χ1) is 11.4. The molecule has 4 aromatic rings. The van der Waals surface area contributed by atoms with Crippen LogP contribution < -0.4 is 4.74 Å². The molecule has 112 valence electrons. The molecule has 0 spiro atoms. The summed E-state index contributed by atoms with van der Waals surface area (Å²) in [6.07, 6.45) is 1.89. The zero-order valence-electron chi connectivity index (χ0n) is 12.5. The van der Waals surface area contributed by atoms with Crippen molar-refractivity contribution in [1.29, 1.82) is 0 Å². The Morgan fingerprint density at radius 1 is 0.826 bits per heavy atom. The predicted molar refractivity (Wildman–Crippen MR) is 89.6 cm³/mol. The van der Waals surface area contributed by atoms with E-state index in [0.717, 1.165) is 22.5 Å². The number of nitrogens with zero attached hydrogens (tertiary/aromatic N) is 3. The third-order valence-corrected chi connectivity index (χ3v) is 3.67. The molecule has 0 aliphatic carbocycles. The molecule has 0 unspecified atom stereocenters. The van der Waals surface area contributed by atoms with E-state index in [0.29, 0.717) is 6.61 Å². The van der Waals surface area contributed by atoms with Crippen LogP contribution in [-0.2, 0) is 6.61 Å². The number of rotatable bonds is 4. The fourth-order valence-electron chi connectivity index (χ4n) is 2.49. The summed E-state index contributed by atoms with van der Waals surface area (Å²) in [5.74, 6) is 0.831. The Labute approximate surface area is 134 Å². The van der Waals surface area contributed by atoms with E-state index in [1.807, 2.05) is 60.8 Å². The minimum absolute atomic E-state index is 0.394. The van der Waals surface area contributed by atoms with Crippen LogP contribution in [0.2, 0.25) is 0 Å². The number of hydrogen-bond donors (Lipinski definition) is 0. The largest absolute Gasteiger partial charge is 0.487 e. The first-order valence-electron chi connectivity index (χ1n) is 7.47. The van der Waals surface area contributed by atoms with Crippen molar-refractivity contribution in [3.05, 3.63) is 84.7 Å². The first-order valence-corrected chi connectivity index (χ1v) is 7.47. The minimum atomic E-state index is 0.394. The molecule has 4 heteroatoms. The molecule has 0 aliphatic rings. The molecule has 3 aromatic carbocycles. The van der Waals surface area contributed by atoms with E-state index in [-0.39, 0.29) is 0 Å². The van der Waals surface area contributed by atoms with Crippen LogP contribution in [0, 0.1) is 0 Å². The first kappa shape index (κ1) is 13.5. The topological polar surface area (TPSA) is 39.9 Å². The summed E-state index contributed by atoms with van der Waals surface area (Å²) in [6.45, 7) is 0.394. The van der Waals surface area contributed by atoms with Crippen molar-refractivity contribution in [2.45, 2.75) is 6.61 Å². The van der Waals surface area contributed by atoms with Gasteiger partial charge in [0.2, 0.25) is 0 Å². The van der Waals surface area contributed by atoms with E-state index in [4.69, 9.17) is 4.74 Å². The van der Waals surface area contributed by atoms with Gasteiger partial charge in [-0.05, 0) is 35.0 Å². The Bertz CT molecular complexity index is 931.